The van der Waals surface area contributed by atoms with Crippen LogP contribution in [0.2, 0.25) is 0 Å². The van der Waals surface area contributed by atoms with Crippen molar-refractivity contribution in [2.24, 2.45) is 0 Å². The van der Waals surface area contributed by atoms with Gasteiger partial charge in [0.2, 0.25) is 0 Å². The minimum atomic E-state index is -0.234. The smallest absolute Gasteiger partial charge is 0.196 e. The molecule has 5 heteroatoms. The number of thiazole rings is 1. The second kappa shape index (κ2) is 4.10. The number of nitrogens with zero attached hydrogens (tertiary/aromatic N) is 2. The van der Waals surface area contributed by atoms with Gasteiger partial charge in [0.15, 0.2) is 4.96 Å². The van der Waals surface area contributed by atoms with Gasteiger partial charge in [0.05, 0.1) is 11.9 Å². The summed E-state index contributed by atoms with van der Waals surface area (Å²) in [7, 11) is 0. The first-order valence-electron chi connectivity index (χ1n) is 5.71. The lowest BCUT2D eigenvalue weighted by molar-refractivity contribution is 0.628. The van der Waals surface area contributed by atoms with Gasteiger partial charge in [-0.3, -0.25) is 4.40 Å². The van der Waals surface area contributed by atoms with Gasteiger partial charge in [-0.05, 0) is 36.2 Å². The molecule has 0 fully saturated rings. The summed E-state index contributed by atoms with van der Waals surface area (Å²) in [5, 5.41) is 0. The Morgan fingerprint density at radius 3 is 2.72 bits per heavy atom. The monoisotopic (exact) mass is 261 g/mol. The molecular weight excluding hydrogens is 249 g/mol. The highest BCUT2D eigenvalue weighted by atomic mass is 32.1. The number of aromatic nitrogens is 2. The van der Waals surface area contributed by atoms with E-state index in [2.05, 4.69) is 11.9 Å². The van der Waals surface area contributed by atoms with Crippen LogP contribution in [0.15, 0.2) is 30.5 Å². The number of halogens is 1. The Morgan fingerprint density at radius 1 is 1.33 bits per heavy atom. The third-order valence-corrected chi connectivity index (χ3v) is 4.10. The molecule has 0 bridgehead atoms. The number of benzene rings is 1. The van der Waals surface area contributed by atoms with E-state index in [0.717, 1.165) is 22.6 Å². The first-order chi connectivity index (χ1) is 8.70. The summed E-state index contributed by atoms with van der Waals surface area (Å²) < 4.78 is 14.9. The fourth-order valence-electron chi connectivity index (χ4n) is 2.06. The van der Waals surface area contributed by atoms with E-state index in [1.54, 1.807) is 29.7 Å². The fourth-order valence-corrected chi connectivity index (χ4v) is 3.13. The van der Waals surface area contributed by atoms with Crippen LogP contribution >= 0.6 is 11.3 Å². The molecule has 3 nitrogen and oxygen atoms in total. The molecule has 3 aromatic rings. The van der Waals surface area contributed by atoms with Gasteiger partial charge < -0.3 is 5.73 Å². The molecule has 0 unspecified atom stereocenters. The van der Waals surface area contributed by atoms with Crippen LogP contribution < -0.4 is 5.73 Å². The van der Waals surface area contributed by atoms with Crippen LogP contribution in [0, 0.1) is 5.82 Å². The number of aryl methyl sites for hydroxylation is 1. The topological polar surface area (TPSA) is 43.3 Å². The Hall–Kier alpha value is -1.88. The molecule has 0 aliphatic carbocycles. The maximum absolute atomic E-state index is 13.0. The van der Waals surface area contributed by atoms with Crippen molar-refractivity contribution in [1.82, 2.24) is 9.38 Å². The van der Waals surface area contributed by atoms with E-state index < -0.39 is 0 Å². The fraction of sp³-hybridized carbons (Fsp3) is 0.154. The van der Waals surface area contributed by atoms with Gasteiger partial charge in [-0.2, -0.15) is 0 Å². The Morgan fingerprint density at radius 2 is 2.06 bits per heavy atom. The maximum Gasteiger partial charge on any atom is 0.196 e. The lowest BCUT2D eigenvalue weighted by atomic mass is 10.1. The van der Waals surface area contributed by atoms with Crippen molar-refractivity contribution in [1.29, 1.82) is 0 Å². The van der Waals surface area contributed by atoms with Gasteiger partial charge in [-0.1, -0.05) is 6.92 Å². The predicted molar refractivity (Wildman–Crippen MR) is 72.3 cm³/mol. The van der Waals surface area contributed by atoms with Gasteiger partial charge in [-0.25, -0.2) is 9.37 Å². The Balaban J connectivity index is 2.31. The second-order valence-electron chi connectivity index (χ2n) is 4.04. The normalized spacial score (nSPS) is 11.2. The van der Waals surface area contributed by atoms with E-state index in [9.17, 15) is 4.39 Å². The number of imidazole rings is 1. The second-order valence-corrected chi connectivity index (χ2v) is 5.10. The summed E-state index contributed by atoms with van der Waals surface area (Å²) in [6, 6.07) is 6.47. The zero-order valence-corrected chi connectivity index (χ0v) is 10.7. The number of nitrogens with two attached hydrogens (primary N) is 1. The summed E-state index contributed by atoms with van der Waals surface area (Å²) in [5.74, 6) is 0.377. The van der Waals surface area contributed by atoms with Gasteiger partial charge in [-0.15, -0.1) is 11.3 Å². The van der Waals surface area contributed by atoms with E-state index in [4.69, 9.17) is 5.73 Å². The van der Waals surface area contributed by atoms with Crippen molar-refractivity contribution >= 4 is 22.1 Å². The minimum absolute atomic E-state index is 0.234. The zero-order valence-electron chi connectivity index (χ0n) is 9.85. The molecular formula is C13H12FN3S. The number of nitrogen functional groups attached to an aromatic ring is 1. The summed E-state index contributed by atoms with van der Waals surface area (Å²) in [4.78, 5) is 6.36. The molecule has 0 aliphatic heterocycles. The summed E-state index contributed by atoms with van der Waals surface area (Å²) in [6.45, 7) is 2.09. The highest BCUT2D eigenvalue weighted by Gasteiger charge is 2.15. The van der Waals surface area contributed by atoms with Crippen molar-refractivity contribution in [3.8, 4) is 11.3 Å². The van der Waals surface area contributed by atoms with E-state index in [1.165, 1.54) is 17.0 Å². The molecule has 0 spiro atoms. The van der Waals surface area contributed by atoms with Crippen molar-refractivity contribution in [3.63, 3.8) is 0 Å². The predicted octanol–water partition coefficient (Wildman–Crippen LogP) is 3.35. The van der Waals surface area contributed by atoms with Crippen LogP contribution in [0.5, 0.6) is 0 Å². The number of rotatable bonds is 2. The van der Waals surface area contributed by atoms with Crippen LogP contribution in [-0.4, -0.2) is 9.38 Å². The van der Waals surface area contributed by atoms with E-state index in [0.29, 0.717) is 5.82 Å². The molecule has 1 aromatic carbocycles. The highest BCUT2D eigenvalue weighted by Crippen LogP contribution is 2.33. The van der Waals surface area contributed by atoms with Crippen molar-refractivity contribution in [2.75, 3.05) is 5.73 Å². The highest BCUT2D eigenvalue weighted by molar-refractivity contribution is 7.17. The summed E-state index contributed by atoms with van der Waals surface area (Å²) in [5.41, 5.74) is 7.93. The molecule has 18 heavy (non-hydrogen) atoms. The first-order valence-corrected chi connectivity index (χ1v) is 6.53. The minimum Gasteiger partial charge on any atom is -0.383 e. The molecule has 0 aliphatic rings. The molecule has 0 saturated carbocycles. The van der Waals surface area contributed by atoms with Gasteiger partial charge in [0, 0.05) is 4.88 Å². The zero-order chi connectivity index (χ0) is 12.7. The molecule has 0 atom stereocenters. The largest absolute Gasteiger partial charge is 0.383 e. The SMILES string of the molecule is CCc1sc2ncc(N)n2c1-c1ccc(F)cc1. The number of hydrogen-bond donors (Lipinski definition) is 1. The maximum atomic E-state index is 13.0. The lowest BCUT2D eigenvalue weighted by Crippen LogP contribution is -1.95. The van der Waals surface area contributed by atoms with Crippen LogP contribution in [0.25, 0.3) is 16.2 Å². The van der Waals surface area contributed by atoms with Crippen LogP contribution in [0.3, 0.4) is 0 Å². The van der Waals surface area contributed by atoms with Crippen molar-refractivity contribution in [2.45, 2.75) is 13.3 Å². The van der Waals surface area contributed by atoms with Gasteiger partial charge in [0.25, 0.3) is 0 Å². The quantitative estimate of drug-likeness (QED) is 0.768. The van der Waals surface area contributed by atoms with Crippen LogP contribution in [0.1, 0.15) is 11.8 Å². The molecule has 0 amide bonds. The lowest BCUT2D eigenvalue weighted by Gasteiger charge is -2.04. The molecule has 0 saturated heterocycles. The first kappa shape index (κ1) is 11.2. The Labute approximate surface area is 108 Å². The van der Waals surface area contributed by atoms with E-state index >= 15 is 0 Å². The average molecular weight is 261 g/mol. The number of fused-ring (bicyclic) bond motifs is 1. The average Bonchev–Trinajstić information content (AvgIpc) is 2.91. The molecule has 3 rings (SSSR count). The summed E-state index contributed by atoms with van der Waals surface area (Å²) >= 11 is 1.62. The van der Waals surface area contributed by atoms with E-state index in [-0.39, 0.29) is 5.82 Å². The van der Waals surface area contributed by atoms with Crippen molar-refractivity contribution in [3.05, 3.63) is 41.2 Å². The standard InChI is InChI=1S/C13H12FN3S/c1-2-10-12(8-3-5-9(14)6-4-8)17-11(15)7-16-13(17)18-10/h3-7H,2,15H2,1H3. The van der Waals surface area contributed by atoms with Crippen LogP contribution in [-0.2, 0) is 6.42 Å². The molecule has 2 aromatic heterocycles. The molecule has 92 valence electrons. The van der Waals surface area contributed by atoms with Crippen molar-refractivity contribution < 1.29 is 4.39 Å². The van der Waals surface area contributed by atoms with Gasteiger partial charge in [0.1, 0.15) is 11.6 Å². The van der Waals surface area contributed by atoms with E-state index in [1.807, 2.05) is 4.40 Å². The number of anilines is 1. The van der Waals surface area contributed by atoms with Gasteiger partial charge >= 0.3 is 0 Å². The molecule has 2 N–H and O–H groups in total. The Bertz CT molecular complexity index is 697. The third-order valence-electron chi connectivity index (χ3n) is 2.90. The number of hydrogen-bond acceptors (Lipinski definition) is 3. The molecule has 0 radical (unpaired) electrons. The molecule has 2 heterocycles. The third kappa shape index (κ3) is 1.59. The summed E-state index contributed by atoms with van der Waals surface area (Å²) in [6.07, 6.45) is 2.55. The Kier molecular flexibility index (Phi) is 2.56. The van der Waals surface area contributed by atoms with Crippen LogP contribution in [0.4, 0.5) is 10.2 Å².